The van der Waals surface area contributed by atoms with Crippen molar-refractivity contribution in [2.45, 2.75) is 32.7 Å². The van der Waals surface area contributed by atoms with Gasteiger partial charge >= 0.3 is 0 Å². The number of halogens is 3. The quantitative estimate of drug-likeness (QED) is 0.647. The van der Waals surface area contributed by atoms with Gasteiger partial charge in [0.05, 0.1) is 10.6 Å². The highest BCUT2D eigenvalue weighted by molar-refractivity contribution is 9.09. The van der Waals surface area contributed by atoms with Crippen LogP contribution >= 0.6 is 39.1 Å². The van der Waals surface area contributed by atoms with Gasteiger partial charge in [0.15, 0.2) is 0 Å². The van der Waals surface area contributed by atoms with E-state index < -0.39 is 0 Å². The van der Waals surface area contributed by atoms with Crippen LogP contribution in [0.3, 0.4) is 0 Å². The number of alkyl halides is 1. The molecule has 0 fully saturated rings. The fourth-order valence-electron chi connectivity index (χ4n) is 2.09. The number of carbonyl (C=O) groups excluding carboxylic acids is 1. The van der Waals surface area contributed by atoms with Gasteiger partial charge in [-0.2, -0.15) is 0 Å². The molecule has 1 amide bonds. The van der Waals surface area contributed by atoms with Gasteiger partial charge in [-0.05, 0) is 31.0 Å². The summed E-state index contributed by atoms with van der Waals surface area (Å²) in [6.07, 6.45) is 1.85. The van der Waals surface area contributed by atoms with Gasteiger partial charge in [0, 0.05) is 22.9 Å². The smallest absolute Gasteiger partial charge is 0.255 e. The molecule has 1 aromatic carbocycles. The van der Waals surface area contributed by atoms with Crippen molar-refractivity contribution in [1.29, 1.82) is 0 Å². The van der Waals surface area contributed by atoms with Crippen LogP contribution < -0.4 is 0 Å². The Morgan fingerprint density at radius 3 is 2.47 bits per heavy atom. The molecular formula is C14H18BrCl2NO. The van der Waals surface area contributed by atoms with Crippen LogP contribution in [0.15, 0.2) is 18.2 Å². The summed E-state index contributed by atoms with van der Waals surface area (Å²) in [6, 6.07) is 5.21. The van der Waals surface area contributed by atoms with Crippen molar-refractivity contribution >= 4 is 45.0 Å². The number of hydrogen-bond donors (Lipinski definition) is 0. The second kappa shape index (κ2) is 8.13. The fourth-order valence-corrected chi connectivity index (χ4v) is 2.84. The van der Waals surface area contributed by atoms with Crippen LogP contribution in [0.2, 0.25) is 10.0 Å². The number of rotatable bonds is 6. The van der Waals surface area contributed by atoms with Crippen LogP contribution in [0.4, 0.5) is 0 Å². The molecule has 1 aromatic rings. The van der Waals surface area contributed by atoms with Gasteiger partial charge in [0.2, 0.25) is 0 Å². The summed E-state index contributed by atoms with van der Waals surface area (Å²) in [5.41, 5.74) is 0.474. The molecule has 0 unspecified atom stereocenters. The third-order valence-corrected chi connectivity index (χ3v) is 4.05. The molecule has 0 aliphatic rings. The lowest BCUT2D eigenvalue weighted by Gasteiger charge is -2.30. The van der Waals surface area contributed by atoms with Gasteiger partial charge in [0.25, 0.3) is 5.91 Å². The first-order chi connectivity index (χ1) is 9.04. The summed E-state index contributed by atoms with van der Waals surface area (Å²) in [7, 11) is 0. The Labute approximate surface area is 133 Å². The van der Waals surface area contributed by atoms with E-state index in [1.165, 1.54) is 0 Å². The maximum absolute atomic E-state index is 12.6. The summed E-state index contributed by atoms with van der Waals surface area (Å²) in [5.74, 6) is -0.0550. The maximum atomic E-state index is 12.6. The van der Waals surface area contributed by atoms with Crippen molar-refractivity contribution < 1.29 is 4.79 Å². The predicted octanol–water partition coefficient (Wildman–Crippen LogP) is 5.02. The number of amides is 1. The van der Waals surface area contributed by atoms with Crippen LogP contribution in [-0.2, 0) is 0 Å². The number of hydrogen-bond acceptors (Lipinski definition) is 1. The molecule has 0 heterocycles. The average Bonchev–Trinajstić information content (AvgIpc) is 2.41. The van der Waals surface area contributed by atoms with Crippen molar-refractivity contribution in [3.8, 4) is 0 Å². The molecule has 106 valence electrons. The molecule has 0 bridgehead atoms. The van der Waals surface area contributed by atoms with Crippen molar-refractivity contribution in [1.82, 2.24) is 4.90 Å². The van der Waals surface area contributed by atoms with Crippen LogP contribution in [0.25, 0.3) is 0 Å². The minimum Gasteiger partial charge on any atom is -0.335 e. The molecule has 0 saturated heterocycles. The normalized spacial score (nSPS) is 10.8. The van der Waals surface area contributed by atoms with E-state index in [2.05, 4.69) is 29.8 Å². The highest BCUT2D eigenvalue weighted by Crippen LogP contribution is 2.24. The second-order valence-corrected chi connectivity index (χ2v) is 5.92. The van der Waals surface area contributed by atoms with E-state index in [1.54, 1.807) is 18.2 Å². The summed E-state index contributed by atoms with van der Waals surface area (Å²) < 4.78 is 0. The topological polar surface area (TPSA) is 20.3 Å². The Hall–Kier alpha value is -0.250. The maximum Gasteiger partial charge on any atom is 0.255 e. The minimum atomic E-state index is -0.0550. The van der Waals surface area contributed by atoms with E-state index >= 15 is 0 Å². The van der Waals surface area contributed by atoms with Crippen LogP contribution in [0.5, 0.6) is 0 Å². The molecule has 0 saturated carbocycles. The van der Waals surface area contributed by atoms with Gasteiger partial charge < -0.3 is 4.90 Å². The number of carbonyl (C=O) groups is 1. The first-order valence-corrected chi connectivity index (χ1v) is 8.24. The second-order valence-electron chi connectivity index (χ2n) is 4.28. The van der Waals surface area contributed by atoms with E-state index in [1.807, 2.05) is 4.90 Å². The molecule has 0 spiro atoms. The van der Waals surface area contributed by atoms with Gasteiger partial charge in [-0.3, -0.25) is 4.79 Å². The number of benzene rings is 1. The van der Waals surface area contributed by atoms with Gasteiger partial charge in [0.1, 0.15) is 0 Å². The van der Waals surface area contributed by atoms with Crippen LogP contribution in [0.1, 0.15) is 37.0 Å². The lowest BCUT2D eigenvalue weighted by atomic mass is 10.1. The van der Waals surface area contributed by atoms with Crippen LogP contribution in [-0.4, -0.2) is 28.7 Å². The molecule has 1 rings (SSSR count). The molecule has 19 heavy (non-hydrogen) atoms. The Bertz CT molecular complexity index is 435. The zero-order valence-corrected chi connectivity index (χ0v) is 14.2. The monoisotopic (exact) mass is 365 g/mol. The Morgan fingerprint density at radius 1 is 1.32 bits per heavy atom. The van der Waals surface area contributed by atoms with Crippen molar-refractivity contribution in [3.63, 3.8) is 0 Å². The Morgan fingerprint density at radius 2 is 1.95 bits per heavy atom. The highest BCUT2D eigenvalue weighted by atomic mass is 79.9. The zero-order chi connectivity index (χ0) is 14.4. The summed E-state index contributed by atoms with van der Waals surface area (Å²) in [4.78, 5) is 14.5. The highest BCUT2D eigenvalue weighted by Gasteiger charge is 2.23. The lowest BCUT2D eigenvalue weighted by Crippen LogP contribution is -2.41. The summed E-state index contributed by atoms with van der Waals surface area (Å²) in [5, 5.41) is 1.71. The molecule has 0 N–H and O–H groups in total. The minimum absolute atomic E-state index is 0.0550. The summed E-state index contributed by atoms with van der Waals surface area (Å²) in [6.45, 7) is 4.83. The molecule has 2 nitrogen and oxygen atoms in total. The lowest BCUT2D eigenvalue weighted by molar-refractivity contribution is 0.0683. The molecular weight excluding hydrogens is 349 g/mol. The predicted molar refractivity (Wildman–Crippen MR) is 85.7 cm³/mol. The molecule has 0 atom stereocenters. The van der Waals surface area contributed by atoms with Crippen molar-refractivity contribution in [2.75, 3.05) is 11.9 Å². The van der Waals surface area contributed by atoms with E-state index in [0.29, 0.717) is 22.2 Å². The average molecular weight is 367 g/mol. The van der Waals surface area contributed by atoms with Gasteiger partial charge in [-0.25, -0.2) is 0 Å². The van der Waals surface area contributed by atoms with Crippen LogP contribution in [0, 0.1) is 0 Å². The van der Waals surface area contributed by atoms with Gasteiger partial charge in [-0.15, -0.1) is 0 Å². The third kappa shape index (κ3) is 4.37. The molecule has 0 aromatic heterocycles. The van der Waals surface area contributed by atoms with Gasteiger partial charge in [-0.1, -0.05) is 53.0 Å². The van der Waals surface area contributed by atoms with E-state index in [-0.39, 0.29) is 11.9 Å². The molecule has 5 heteroatoms. The fraction of sp³-hybridized carbons (Fsp3) is 0.500. The van der Waals surface area contributed by atoms with E-state index in [9.17, 15) is 4.79 Å². The first kappa shape index (κ1) is 16.8. The summed E-state index contributed by atoms with van der Waals surface area (Å²) >= 11 is 15.5. The van der Waals surface area contributed by atoms with E-state index in [4.69, 9.17) is 23.2 Å². The molecule has 0 aliphatic heterocycles. The Balaban J connectivity index is 3.08. The number of nitrogens with zero attached hydrogens (tertiary/aromatic N) is 1. The molecule has 0 radical (unpaired) electrons. The molecule has 0 aliphatic carbocycles. The standard InChI is InChI=1S/C14H18BrCl2NO/c1-3-11(4-2)18(8-7-15)14(19)12-9-10(16)5-6-13(12)17/h5-6,9,11H,3-4,7-8H2,1-2H3. The Kier molecular flexibility index (Phi) is 7.19. The van der Waals surface area contributed by atoms with Crippen molar-refractivity contribution in [2.24, 2.45) is 0 Å². The SMILES string of the molecule is CCC(CC)N(CCBr)C(=O)c1cc(Cl)ccc1Cl. The zero-order valence-electron chi connectivity index (χ0n) is 11.1. The third-order valence-electron chi connectivity index (χ3n) is 3.13. The van der Waals surface area contributed by atoms with E-state index in [0.717, 1.165) is 18.2 Å². The van der Waals surface area contributed by atoms with Crippen molar-refractivity contribution in [3.05, 3.63) is 33.8 Å². The largest absolute Gasteiger partial charge is 0.335 e. The first-order valence-electron chi connectivity index (χ1n) is 6.37.